The number of ether oxygens (including phenoxy) is 1. The maximum Gasteiger partial charge on any atom is 0.255 e. The molecule has 2 N–H and O–H groups in total. The van der Waals surface area contributed by atoms with Crippen LogP contribution in [0, 0.1) is 33.9 Å². The Morgan fingerprint density at radius 3 is 2.40 bits per heavy atom. The molecule has 4 fully saturated rings. The Labute approximate surface area is 360 Å². The van der Waals surface area contributed by atoms with Crippen molar-refractivity contribution in [2.45, 2.75) is 78.1 Å². The summed E-state index contributed by atoms with van der Waals surface area (Å²) in [5.41, 5.74) is 2.30. The van der Waals surface area contributed by atoms with E-state index in [0.29, 0.717) is 52.7 Å². The van der Waals surface area contributed by atoms with E-state index in [1.807, 2.05) is 35.2 Å². The summed E-state index contributed by atoms with van der Waals surface area (Å²) in [6.45, 7) is 14.3. The Morgan fingerprint density at radius 1 is 0.952 bits per heavy atom. The number of nitriles is 1. The quantitative estimate of drug-likeness (QED) is 0.217. The van der Waals surface area contributed by atoms with Gasteiger partial charge in [-0.15, -0.1) is 0 Å². The van der Waals surface area contributed by atoms with Crippen LogP contribution in [0.25, 0.3) is 10.9 Å². The van der Waals surface area contributed by atoms with Crippen molar-refractivity contribution in [1.29, 1.82) is 5.26 Å². The molecule has 6 heterocycles. The molecule has 1 atom stereocenters. The number of nitrogens with one attached hydrogen (secondary N) is 2. The number of rotatable bonds is 9. The number of anilines is 2. The molecule has 62 heavy (non-hydrogen) atoms. The summed E-state index contributed by atoms with van der Waals surface area (Å²) in [5.74, 6) is 0.237. The van der Waals surface area contributed by atoms with Gasteiger partial charge in [-0.1, -0.05) is 27.7 Å². The highest BCUT2D eigenvalue weighted by molar-refractivity contribution is 6.05. The minimum absolute atomic E-state index is 0.163. The van der Waals surface area contributed by atoms with Gasteiger partial charge in [0.1, 0.15) is 35.6 Å². The van der Waals surface area contributed by atoms with E-state index in [-0.39, 0.29) is 65.6 Å². The number of nitrogens with zero attached hydrogens (tertiary/aromatic N) is 7. The van der Waals surface area contributed by atoms with Crippen LogP contribution in [0.1, 0.15) is 85.2 Å². The van der Waals surface area contributed by atoms with Crippen LogP contribution in [0.15, 0.2) is 60.9 Å². The third-order valence-corrected chi connectivity index (χ3v) is 14.0. The number of amides is 4. The summed E-state index contributed by atoms with van der Waals surface area (Å²) >= 11 is 0. The summed E-state index contributed by atoms with van der Waals surface area (Å²) < 4.78 is 22.1. The molecule has 3 saturated heterocycles. The van der Waals surface area contributed by atoms with E-state index in [0.717, 1.165) is 56.8 Å². The summed E-state index contributed by atoms with van der Waals surface area (Å²) in [4.78, 5) is 68.2. The second-order valence-electron chi connectivity index (χ2n) is 18.7. The fraction of sp³-hybridized carbons (Fsp3) is 0.468. The van der Waals surface area contributed by atoms with E-state index >= 15 is 4.39 Å². The molecule has 1 saturated carbocycles. The van der Waals surface area contributed by atoms with Crippen LogP contribution in [0.4, 0.5) is 15.9 Å². The van der Waals surface area contributed by atoms with E-state index in [1.165, 1.54) is 11.0 Å². The van der Waals surface area contributed by atoms with Gasteiger partial charge in [0, 0.05) is 99.0 Å². The van der Waals surface area contributed by atoms with E-state index in [9.17, 15) is 24.4 Å². The number of carbonyl (C=O) groups excluding carboxylic acids is 4. The lowest BCUT2D eigenvalue weighted by atomic mass is 9.49. The molecule has 0 radical (unpaired) electrons. The van der Waals surface area contributed by atoms with E-state index in [4.69, 9.17) is 9.72 Å². The number of benzene rings is 2. The number of piperazine rings is 1. The zero-order valence-electron chi connectivity index (χ0n) is 35.6. The number of hydrogen-bond acceptors (Lipinski definition) is 11. The van der Waals surface area contributed by atoms with Gasteiger partial charge < -0.3 is 24.8 Å². The summed E-state index contributed by atoms with van der Waals surface area (Å²) in [6.07, 6.45) is 5.60. The Bertz CT molecular complexity index is 2470. The Kier molecular flexibility index (Phi) is 10.6. The number of halogens is 1. The van der Waals surface area contributed by atoms with Crippen molar-refractivity contribution in [3.8, 4) is 11.8 Å². The molecule has 4 aliphatic heterocycles. The van der Waals surface area contributed by atoms with Crippen molar-refractivity contribution in [3.63, 3.8) is 0 Å². The molecule has 2 aromatic heterocycles. The predicted molar refractivity (Wildman–Crippen MR) is 230 cm³/mol. The Balaban J connectivity index is 0.741. The first kappa shape index (κ1) is 41.2. The zero-order chi connectivity index (χ0) is 43.5. The van der Waals surface area contributed by atoms with Crippen LogP contribution in [-0.4, -0.2) is 107 Å². The van der Waals surface area contributed by atoms with Gasteiger partial charge in [-0.2, -0.15) is 5.26 Å². The number of hydrogen-bond donors (Lipinski definition) is 2. The molecule has 1 aliphatic carbocycles. The topological polar surface area (TPSA) is 164 Å². The van der Waals surface area contributed by atoms with Gasteiger partial charge in [0.05, 0.1) is 22.3 Å². The first-order valence-electron chi connectivity index (χ1n) is 21.6. The Morgan fingerprint density at radius 2 is 1.71 bits per heavy atom. The minimum Gasteiger partial charge on any atom is -0.488 e. The van der Waals surface area contributed by atoms with Crippen molar-refractivity contribution in [3.05, 3.63) is 89.0 Å². The average Bonchev–Trinajstić information content (AvgIpc) is 3.58. The second kappa shape index (κ2) is 16.0. The number of pyridine rings is 2. The molecule has 15 heteroatoms. The molecule has 4 aromatic rings. The number of aromatic nitrogens is 2. The fourth-order valence-electron chi connectivity index (χ4n) is 10.9. The van der Waals surface area contributed by atoms with Gasteiger partial charge in [0.15, 0.2) is 0 Å². The summed E-state index contributed by atoms with van der Waals surface area (Å²) in [6, 6.07) is 15.5. The normalized spacial score (nSPS) is 23.7. The molecule has 0 unspecified atom stereocenters. The highest BCUT2D eigenvalue weighted by Gasteiger charge is 2.64. The SMILES string of the molecule is CC1(C)C(NC(=O)c2ccc(N3CCC(CN4CCN(c5cc6c(cc5F)C(=O)N([C@H]5CCC(=O)NC5=O)C6)CC4)CC3)nc2)C(C)(C)C1Oc1ccc(C#N)c2ncccc12. The summed E-state index contributed by atoms with van der Waals surface area (Å²) in [5, 5.41) is 16.0. The number of imide groups is 1. The van der Waals surface area contributed by atoms with Crippen LogP contribution >= 0.6 is 0 Å². The molecule has 9 rings (SSSR count). The average molecular weight is 842 g/mol. The lowest BCUT2D eigenvalue weighted by molar-refractivity contribution is -0.163. The van der Waals surface area contributed by atoms with Gasteiger partial charge in [-0.25, -0.2) is 9.37 Å². The first-order chi connectivity index (χ1) is 29.7. The van der Waals surface area contributed by atoms with Crippen LogP contribution in [-0.2, 0) is 16.1 Å². The van der Waals surface area contributed by atoms with Crippen LogP contribution in [0.2, 0.25) is 0 Å². The second-order valence-corrected chi connectivity index (χ2v) is 18.7. The van der Waals surface area contributed by atoms with Crippen molar-refractivity contribution in [1.82, 2.24) is 30.4 Å². The minimum atomic E-state index is -0.733. The number of fused-ring (bicyclic) bond motifs is 2. The van der Waals surface area contributed by atoms with Crippen molar-refractivity contribution in [2.24, 2.45) is 16.7 Å². The van der Waals surface area contributed by atoms with Crippen molar-refractivity contribution in [2.75, 3.05) is 55.6 Å². The van der Waals surface area contributed by atoms with Gasteiger partial charge in [0.2, 0.25) is 11.8 Å². The first-order valence-corrected chi connectivity index (χ1v) is 21.6. The molecule has 5 aliphatic rings. The lowest BCUT2D eigenvalue weighted by Gasteiger charge is -2.63. The molecule has 4 amide bonds. The third kappa shape index (κ3) is 7.37. The largest absolute Gasteiger partial charge is 0.488 e. The molecule has 322 valence electrons. The summed E-state index contributed by atoms with van der Waals surface area (Å²) in [7, 11) is 0. The highest BCUT2D eigenvalue weighted by Crippen LogP contribution is 2.56. The van der Waals surface area contributed by atoms with Crippen molar-refractivity contribution < 1.29 is 28.3 Å². The third-order valence-electron chi connectivity index (χ3n) is 14.0. The van der Waals surface area contributed by atoms with Gasteiger partial charge in [-0.05, 0) is 79.3 Å². The van der Waals surface area contributed by atoms with Gasteiger partial charge >= 0.3 is 0 Å². The van der Waals surface area contributed by atoms with Gasteiger partial charge in [0.25, 0.3) is 11.8 Å². The van der Waals surface area contributed by atoms with Crippen molar-refractivity contribution >= 4 is 46.0 Å². The standard InChI is InChI=1S/C47H52FN9O5/c1-46(2)44(47(3,4)45(46)62-37-10-7-29(24-49)40-32(37)6-5-15-50-40)53-41(59)30-8-11-38(51-25-30)56-16-13-28(14-17-56)26-54-18-20-55(21-19-54)36-22-31-27-57(43(61)33(31)23-34(36)48)35-9-12-39(58)52-42(35)60/h5-8,10-11,15,22-23,25,28,35,44-45H,9,12-14,16-21,26-27H2,1-4H3,(H,53,59)(H,52,58,60)/t35-,44?,45?/m0/s1. The van der Waals surface area contributed by atoms with E-state index in [2.05, 4.69) is 59.2 Å². The highest BCUT2D eigenvalue weighted by atomic mass is 19.1. The molecule has 14 nitrogen and oxygen atoms in total. The lowest BCUT2D eigenvalue weighted by Crippen LogP contribution is -2.74. The number of piperidine rings is 2. The smallest absolute Gasteiger partial charge is 0.255 e. The van der Waals surface area contributed by atoms with E-state index in [1.54, 1.807) is 24.5 Å². The maximum absolute atomic E-state index is 15.5. The van der Waals surface area contributed by atoms with Gasteiger partial charge in [-0.3, -0.25) is 34.4 Å². The monoisotopic (exact) mass is 841 g/mol. The maximum atomic E-state index is 15.5. The van der Waals surface area contributed by atoms with Crippen LogP contribution in [0.5, 0.6) is 5.75 Å². The molecular formula is C47H52FN9O5. The molecule has 0 bridgehead atoms. The fourth-order valence-corrected chi connectivity index (χ4v) is 10.9. The number of carbonyl (C=O) groups is 4. The molecule has 2 aromatic carbocycles. The predicted octanol–water partition coefficient (Wildman–Crippen LogP) is 5.05. The Hall–Kier alpha value is -6.14. The molecule has 0 spiro atoms. The molecular weight excluding hydrogens is 790 g/mol. The zero-order valence-corrected chi connectivity index (χ0v) is 35.6. The van der Waals surface area contributed by atoms with E-state index < -0.39 is 17.8 Å². The van der Waals surface area contributed by atoms with Crippen LogP contribution in [0.3, 0.4) is 0 Å². The van der Waals surface area contributed by atoms with Crippen LogP contribution < -0.4 is 25.2 Å².